The number of nitriles is 1. The first-order valence-electron chi connectivity index (χ1n) is 14.8. The van der Waals surface area contributed by atoms with Crippen LogP contribution in [-0.4, -0.2) is 70.6 Å². The molecule has 250 valence electrons. The smallest absolute Gasteiger partial charge is 0.323 e. The van der Waals surface area contributed by atoms with Crippen LogP contribution in [0.15, 0.2) is 18.5 Å². The molecule has 0 amide bonds. The third-order valence-electron chi connectivity index (χ3n) is 7.24. The lowest BCUT2D eigenvalue weighted by atomic mass is 9.92. The van der Waals surface area contributed by atoms with Gasteiger partial charge in [-0.1, -0.05) is 54.4 Å². The number of fused-ring (bicyclic) bond motifs is 1. The van der Waals surface area contributed by atoms with E-state index in [0.717, 1.165) is 12.8 Å². The molecule has 5 atom stereocenters. The summed E-state index contributed by atoms with van der Waals surface area (Å²) in [6.07, 6.45) is -0.260. The van der Waals surface area contributed by atoms with Crippen molar-refractivity contribution < 1.29 is 42.4 Å². The van der Waals surface area contributed by atoms with Gasteiger partial charge in [0.15, 0.2) is 18.0 Å². The number of anilines is 1. The Hall–Kier alpha value is -3.57. The molecule has 2 aromatic rings. The molecule has 0 fully saturated rings. The lowest BCUT2D eigenvalue weighted by Gasteiger charge is -2.37. The van der Waals surface area contributed by atoms with E-state index >= 15 is 0 Å². The van der Waals surface area contributed by atoms with Crippen molar-refractivity contribution in [3.05, 3.63) is 24.2 Å². The minimum atomic E-state index is -3.19. The monoisotopic (exact) mass is 652 g/mol. The maximum Gasteiger partial charge on any atom is 0.323 e. The summed E-state index contributed by atoms with van der Waals surface area (Å²) < 4.78 is 42.4. The molecule has 0 spiro atoms. The molecule has 45 heavy (non-hydrogen) atoms. The molecule has 0 radical (unpaired) electrons. The average molecular weight is 653 g/mol. The second kappa shape index (κ2) is 17.2. The minimum Gasteiger partial charge on any atom is -0.464 e. The highest BCUT2D eigenvalue weighted by molar-refractivity contribution is 7.36. The lowest BCUT2D eigenvalue weighted by Crippen LogP contribution is -2.53. The summed E-state index contributed by atoms with van der Waals surface area (Å²) in [4.78, 5) is 42.4. The van der Waals surface area contributed by atoms with E-state index in [1.807, 2.05) is 19.9 Å². The molecule has 16 heteroatoms. The van der Waals surface area contributed by atoms with Crippen molar-refractivity contribution in [2.45, 2.75) is 85.2 Å². The molecule has 1 unspecified atom stereocenters. The summed E-state index contributed by atoms with van der Waals surface area (Å²) in [6, 6.07) is 4.09. The number of hydrogen-bond donors (Lipinski definition) is 2. The highest BCUT2D eigenvalue weighted by atomic mass is 31.1. The van der Waals surface area contributed by atoms with Gasteiger partial charge in [-0.25, -0.2) is 14.6 Å². The SMILES string of the molecule is CCC(CC)COC(=O)[C@H](C)N[PH](=O)OC[C@@](C#N)(OC)[C@@H](OC(=O)C(C)C)[C@@H](OC(=O)C(C)C)c1ccc2c(N)ncnn12. The molecule has 0 saturated heterocycles. The number of nitrogen functional groups attached to an aromatic ring is 1. The number of carbonyl (C=O) groups excluding carboxylic acids is 3. The fourth-order valence-electron chi connectivity index (χ4n) is 4.09. The molecule has 15 nitrogen and oxygen atoms in total. The fourth-order valence-corrected chi connectivity index (χ4v) is 4.99. The maximum absolute atomic E-state index is 13.0. The number of ether oxygens (including phenoxy) is 4. The van der Waals surface area contributed by atoms with Crippen molar-refractivity contribution in [1.29, 1.82) is 5.26 Å². The van der Waals surface area contributed by atoms with E-state index in [-0.39, 0.29) is 24.0 Å². The van der Waals surface area contributed by atoms with Gasteiger partial charge in [0.25, 0.3) is 8.18 Å². The minimum absolute atomic E-state index is 0.125. The van der Waals surface area contributed by atoms with E-state index < -0.39 is 68.4 Å². The number of esters is 3. The van der Waals surface area contributed by atoms with Gasteiger partial charge in [0, 0.05) is 7.11 Å². The van der Waals surface area contributed by atoms with Crippen molar-refractivity contribution in [1.82, 2.24) is 19.7 Å². The van der Waals surface area contributed by atoms with Crippen LogP contribution in [0.3, 0.4) is 0 Å². The summed E-state index contributed by atoms with van der Waals surface area (Å²) in [5, 5.41) is 17.2. The third kappa shape index (κ3) is 9.71. The van der Waals surface area contributed by atoms with Gasteiger partial charge in [-0.05, 0) is 25.0 Å². The molecule has 2 rings (SSSR count). The molecule has 0 aliphatic rings. The topological polar surface area (TPSA) is 206 Å². The number of rotatable bonds is 18. The van der Waals surface area contributed by atoms with Gasteiger partial charge in [0.2, 0.25) is 5.60 Å². The summed E-state index contributed by atoms with van der Waals surface area (Å²) in [6.45, 7) is 11.3. The number of nitrogens with two attached hydrogens (primary N) is 1. The molecule has 0 aromatic carbocycles. The number of nitrogens with zero attached hydrogens (tertiary/aromatic N) is 4. The van der Waals surface area contributed by atoms with E-state index in [9.17, 15) is 24.2 Å². The van der Waals surface area contributed by atoms with E-state index in [1.54, 1.807) is 33.8 Å². The first kappa shape index (κ1) is 37.6. The molecule has 0 aliphatic heterocycles. The quantitative estimate of drug-likeness (QED) is 0.135. The Morgan fingerprint density at radius 3 is 2.24 bits per heavy atom. The molecule has 0 saturated carbocycles. The lowest BCUT2D eigenvalue weighted by molar-refractivity contribution is -0.197. The molecule has 0 bridgehead atoms. The van der Waals surface area contributed by atoms with Gasteiger partial charge in [-0.15, -0.1) is 0 Å². The zero-order valence-corrected chi connectivity index (χ0v) is 28.1. The largest absolute Gasteiger partial charge is 0.464 e. The van der Waals surface area contributed by atoms with Crippen LogP contribution in [0.2, 0.25) is 0 Å². The zero-order valence-electron chi connectivity index (χ0n) is 27.1. The Labute approximate surface area is 264 Å². The van der Waals surface area contributed by atoms with Crippen molar-refractivity contribution in [2.24, 2.45) is 17.8 Å². The van der Waals surface area contributed by atoms with Gasteiger partial charge in [0.05, 0.1) is 24.1 Å². The van der Waals surface area contributed by atoms with Crippen LogP contribution in [0.4, 0.5) is 5.82 Å². The summed E-state index contributed by atoms with van der Waals surface area (Å²) in [5.74, 6) is -2.97. The van der Waals surface area contributed by atoms with E-state index in [1.165, 1.54) is 30.9 Å². The predicted octanol–water partition coefficient (Wildman–Crippen LogP) is 3.39. The van der Waals surface area contributed by atoms with Crippen LogP contribution in [0.1, 0.15) is 73.1 Å². The van der Waals surface area contributed by atoms with Crippen molar-refractivity contribution in [3.8, 4) is 6.07 Å². The fraction of sp³-hybridized carbons (Fsp3) is 0.655. The Bertz CT molecular complexity index is 1370. The Balaban J connectivity index is 2.48. The predicted molar refractivity (Wildman–Crippen MR) is 164 cm³/mol. The number of nitrogens with one attached hydrogen (secondary N) is 1. The summed E-state index contributed by atoms with van der Waals surface area (Å²) >= 11 is 0. The summed E-state index contributed by atoms with van der Waals surface area (Å²) in [5.41, 5.74) is 4.39. The van der Waals surface area contributed by atoms with Crippen molar-refractivity contribution in [3.63, 3.8) is 0 Å². The van der Waals surface area contributed by atoms with E-state index in [4.69, 9.17) is 29.2 Å². The highest BCUT2D eigenvalue weighted by Crippen LogP contribution is 2.37. The first-order chi connectivity index (χ1) is 21.2. The molecule has 2 heterocycles. The van der Waals surface area contributed by atoms with Crippen LogP contribution < -0.4 is 10.8 Å². The Morgan fingerprint density at radius 2 is 1.69 bits per heavy atom. The molecule has 0 aliphatic carbocycles. The van der Waals surface area contributed by atoms with Crippen LogP contribution in [0.5, 0.6) is 0 Å². The van der Waals surface area contributed by atoms with Crippen LogP contribution in [-0.2, 0) is 42.4 Å². The highest BCUT2D eigenvalue weighted by Gasteiger charge is 2.51. The maximum atomic E-state index is 13.0. The van der Waals surface area contributed by atoms with Crippen molar-refractivity contribution >= 4 is 37.4 Å². The number of aromatic nitrogens is 3. The number of hydrogen-bond acceptors (Lipinski definition) is 13. The van der Waals surface area contributed by atoms with Gasteiger partial charge in [0.1, 0.15) is 30.6 Å². The first-order valence-corrected chi connectivity index (χ1v) is 16.1. The normalized spacial score (nSPS) is 15.7. The average Bonchev–Trinajstić information content (AvgIpc) is 3.45. The van der Waals surface area contributed by atoms with Gasteiger partial charge in [-0.2, -0.15) is 10.4 Å². The second-order valence-corrected chi connectivity index (χ2v) is 12.3. The molecule has 2 aromatic heterocycles. The van der Waals surface area contributed by atoms with Gasteiger partial charge in [-0.3, -0.25) is 18.9 Å². The van der Waals surface area contributed by atoms with Crippen LogP contribution in [0, 0.1) is 29.1 Å². The Kier molecular flexibility index (Phi) is 14.4. The van der Waals surface area contributed by atoms with Crippen molar-refractivity contribution in [2.75, 3.05) is 26.1 Å². The van der Waals surface area contributed by atoms with Gasteiger partial charge >= 0.3 is 17.9 Å². The molecular weight excluding hydrogens is 607 g/mol. The van der Waals surface area contributed by atoms with Gasteiger partial charge < -0.3 is 29.2 Å². The molecular formula is C29H45N6O9P. The standard InChI is InChI=1S/C29H45N6O9P/c1-9-20(10-2)13-41-28(38)19(7)34-45(39)42-15-29(14-30,40-8)24(44-27(37)18(5)6)23(43-26(36)17(3)4)21-11-12-22-25(31)32-16-33-35(21)22/h11-12,16-20,23-24,45H,9-10,13,15H2,1-8H3,(H,34,39)(H2,31,32,33)/t19-,23-,24-,29+/m0/s1. The Morgan fingerprint density at radius 1 is 1.07 bits per heavy atom. The molecule has 3 N–H and O–H groups in total. The number of methoxy groups -OCH3 is 1. The van der Waals surface area contributed by atoms with E-state index in [2.05, 4.69) is 15.2 Å². The zero-order chi connectivity index (χ0) is 33.9. The van der Waals surface area contributed by atoms with Crippen LogP contribution >= 0.6 is 8.18 Å². The second-order valence-electron chi connectivity index (χ2n) is 11.2. The number of carbonyl (C=O) groups is 3. The summed E-state index contributed by atoms with van der Waals surface area (Å²) in [7, 11) is -2.02. The van der Waals surface area contributed by atoms with E-state index in [0.29, 0.717) is 5.52 Å². The third-order valence-corrected chi connectivity index (χ3v) is 8.32. The van der Waals surface area contributed by atoms with Crippen LogP contribution in [0.25, 0.3) is 5.52 Å².